The first kappa shape index (κ1) is 11.5. The van der Waals surface area contributed by atoms with Crippen LogP contribution in [-0.2, 0) is 14.2 Å². The van der Waals surface area contributed by atoms with Crippen molar-refractivity contribution in [3.8, 4) is 0 Å². The highest BCUT2D eigenvalue weighted by molar-refractivity contribution is 5.11. The van der Waals surface area contributed by atoms with Crippen molar-refractivity contribution in [3.05, 3.63) is 24.8 Å². The molecule has 3 rings (SSSR count). The van der Waals surface area contributed by atoms with Crippen molar-refractivity contribution >= 4 is 0 Å². The van der Waals surface area contributed by atoms with Gasteiger partial charge in [-0.05, 0) is 24.7 Å². The van der Waals surface area contributed by atoms with Crippen LogP contribution in [0.3, 0.4) is 0 Å². The summed E-state index contributed by atoms with van der Waals surface area (Å²) < 4.78 is 17.1. The van der Waals surface area contributed by atoms with E-state index in [-0.39, 0.29) is 12.4 Å². The summed E-state index contributed by atoms with van der Waals surface area (Å²) in [7, 11) is 0. The smallest absolute Gasteiger partial charge is 0.161 e. The third-order valence-corrected chi connectivity index (χ3v) is 3.99. The highest BCUT2D eigenvalue weighted by Crippen LogP contribution is 2.46. The first-order valence-electron chi connectivity index (χ1n) is 6.51. The fourth-order valence-corrected chi connectivity index (χ4v) is 3.20. The SMILES string of the molecule is C=CCOCC1COC(C2CC3C=CC2C3)O1. The standard InChI is InChI=1S/C14H20O3/c1-2-5-15-8-12-9-16-14(17-12)13-7-10-3-4-11(13)6-10/h2-4,10-14H,1,5-9H2. The normalized spacial score (nSPS) is 43.4. The van der Waals surface area contributed by atoms with Crippen LogP contribution < -0.4 is 0 Å². The molecule has 1 heterocycles. The lowest BCUT2D eigenvalue weighted by atomic mass is 9.93. The van der Waals surface area contributed by atoms with E-state index in [2.05, 4.69) is 18.7 Å². The van der Waals surface area contributed by atoms with E-state index in [1.807, 2.05) is 0 Å². The molecule has 17 heavy (non-hydrogen) atoms. The van der Waals surface area contributed by atoms with Crippen molar-refractivity contribution in [3.63, 3.8) is 0 Å². The Kier molecular flexibility index (Phi) is 3.32. The Bertz CT molecular complexity index is 313. The second-order valence-corrected chi connectivity index (χ2v) is 5.23. The van der Waals surface area contributed by atoms with Crippen LogP contribution in [-0.4, -0.2) is 32.2 Å². The summed E-state index contributed by atoms with van der Waals surface area (Å²) in [6.07, 6.45) is 9.06. The summed E-state index contributed by atoms with van der Waals surface area (Å²) in [6, 6.07) is 0. The van der Waals surface area contributed by atoms with Gasteiger partial charge in [-0.2, -0.15) is 0 Å². The van der Waals surface area contributed by atoms with Crippen molar-refractivity contribution in [1.29, 1.82) is 0 Å². The Labute approximate surface area is 102 Å². The van der Waals surface area contributed by atoms with Gasteiger partial charge in [0.25, 0.3) is 0 Å². The van der Waals surface area contributed by atoms with Gasteiger partial charge in [0.1, 0.15) is 6.10 Å². The summed E-state index contributed by atoms with van der Waals surface area (Å²) in [5, 5.41) is 0. The zero-order chi connectivity index (χ0) is 11.7. The predicted octanol–water partition coefficient (Wildman–Crippen LogP) is 2.14. The molecule has 0 aromatic heterocycles. The fraction of sp³-hybridized carbons (Fsp3) is 0.714. The number of hydrogen-bond donors (Lipinski definition) is 0. The van der Waals surface area contributed by atoms with Crippen LogP contribution in [0.15, 0.2) is 24.8 Å². The Morgan fingerprint density at radius 2 is 2.29 bits per heavy atom. The van der Waals surface area contributed by atoms with Gasteiger partial charge in [0.15, 0.2) is 6.29 Å². The van der Waals surface area contributed by atoms with Crippen LogP contribution in [0.25, 0.3) is 0 Å². The highest BCUT2D eigenvalue weighted by atomic mass is 16.7. The van der Waals surface area contributed by atoms with Gasteiger partial charge in [0.05, 0.1) is 19.8 Å². The van der Waals surface area contributed by atoms with Gasteiger partial charge in [-0.25, -0.2) is 0 Å². The predicted molar refractivity (Wildman–Crippen MR) is 64.5 cm³/mol. The number of rotatable bonds is 5. The minimum Gasteiger partial charge on any atom is -0.375 e. The molecule has 0 spiro atoms. The van der Waals surface area contributed by atoms with E-state index in [0.29, 0.717) is 31.7 Å². The van der Waals surface area contributed by atoms with Crippen LogP contribution in [0.4, 0.5) is 0 Å². The van der Waals surface area contributed by atoms with E-state index in [4.69, 9.17) is 14.2 Å². The number of hydrogen-bond acceptors (Lipinski definition) is 3. The molecule has 2 aliphatic carbocycles. The van der Waals surface area contributed by atoms with Crippen LogP contribution in [0.5, 0.6) is 0 Å². The van der Waals surface area contributed by atoms with E-state index in [1.165, 1.54) is 12.8 Å². The molecule has 1 saturated heterocycles. The van der Waals surface area contributed by atoms with Crippen LogP contribution >= 0.6 is 0 Å². The molecule has 3 heteroatoms. The molecular formula is C14H20O3. The molecule has 0 radical (unpaired) electrons. The van der Waals surface area contributed by atoms with Crippen LogP contribution in [0, 0.1) is 17.8 Å². The molecule has 0 aromatic rings. The van der Waals surface area contributed by atoms with Gasteiger partial charge in [-0.3, -0.25) is 0 Å². The van der Waals surface area contributed by atoms with Crippen molar-refractivity contribution < 1.29 is 14.2 Å². The lowest BCUT2D eigenvalue weighted by molar-refractivity contribution is -0.110. The van der Waals surface area contributed by atoms with E-state index in [1.54, 1.807) is 6.08 Å². The molecule has 1 aliphatic heterocycles. The second-order valence-electron chi connectivity index (χ2n) is 5.23. The molecule has 5 atom stereocenters. The van der Waals surface area contributed by atoms with Crippen molar-refractivity contribution in [2.24, 2.45) is 17.8 Å². The first-order valence-corrected chi connectivity index (χ1v) is 6.51. The largest absolute Gasteiger partial charge is 0.375 e. The quantitative estimate of drug-likeness (QED) is 0.540. The Balaban J connectivity index is 1.47. The third kappa shape index (κ3) is 2.32. The summed E-state index contributed by atoms with van der Waals surface area (Å²) in [5.41, 5.74) is 0. The summed E-state index contributed by atoms with van der Waals surface area (Å²) in [5.74, 6) is 2.01. The average molecular weight is 236 g/mol. The van der Waals surface area contributed by atoms with Crippen molar-refractivity contribution in [2.45, 2.75) is 25.2 Å². The van der Waals surface area contributed by atoms with Crippen LogP contribution in [0.1, 0.15) is 12.8 Å². The highest BCUT2D eigenvalue weighted by Gasteiger charge is 2.44. The fourth-order valence-electron chi connectivity index (χ4n) is 3.20. The molecule has 0 amide bonds. The average Bonchev–Trinajstić information content (AvgIpc) is 3.04. The van der Waals surface area contributed by atoms with E-state index in [9.17, 15) is 0 Å². The van der Waals surface area contributed by atoms with Crippen LogP contribution in [0.2, 0.25) is 0 Å². The molecule has 2 fully saturated rings. The Hall–Kier alpha value is -0.640. The monoisotopic (exact) mass is 236 g/mol. The molecule has 3 nitrogen and oxygen atoms in total. The molecule has 1 saturated carbocycles. The minimum atomic E-state index is -0.00715. The molecular weight excluding hydrogens is 216 g/mol. The van der Waals surface area contributed by atoms with Gasteiger partial charge >= 0.3 is 0 Å². The lowest BCUT2D eigenvalue weighted by Gasteiger charge is -2.23. The maximum atomic E-state index is 5.93. The number of fused-ring (bicyclic) bond motifs is 2. The summed E-state index contributed by atoms with van der Waals surface area (Å²) in [4.78, 5) is 0. The van der Waals surface area contributed by atoms with Gasteiger partial charge in [0, 0.05) is 5.92 Å². The van der Waals surface area contributed by atoms with E-state index in [0.717, 1.165) is 5.92 Å². The van der Waals surface area contributed by atoms with E-state index < -0.39 is 0 Å². The Morgan fingerprint density at radius 1 is 1.35 bits per heavy atom. The van der Waals surface area contributed by atoms with E-state index >= 15 is 0 Å². The molecule has 5 unspecified atom stereocenters. The zero-order valence-electron chi connectivity index (χ0n) is 10.1. The first-order chi connectivity index (χ1) is 8.36. The minimum absolute atomic E-state index is 0.00715. The maximum absolute atomic E-state index is 5.93. The maximum Gasteiger partial charge on any atom is 0.161 e. The van der Waals surface area contributed by atoms with Gasteiger partial charge in [0.2, 0.25) is 0 Å². The third-order valence-electron chi connectivity index (χ3n) is 3.99. The molecule has 3 aliphatic rings. The zero-order valence-corrected chi connectivity index (χ0v) is 10.1. The number of ether oxygens (including phenoxy) is 3. The van der Waals surface area contributed by atoms with Gasteiger partial charge < -0.3 is 14.2 Å². The molecule has 0 N–H and O–H groups in total. The topological polar surface area (TPSA) is 27.7 Å². The van der Waals surface area contributed by atoms with Gasteiger partial charge in [-0.1, -0.05) is 18.2 Å². The summed E-state index contributed by atoms with van der Waals surface area (Å²) >= 11 is 0. The lowest BCUT2D eigenvalue weighted by Crippen LogP contribution is -2.27. The number of allylic oxidation sites excluding steroid dienone is 2. The Morgan fingerprint density at radius 3 is 3.00 bits per heavy atom. The summed E-state index contributed by atoms with van der Waals surface area (Å²) in [6.45, 7) is 5.49. The van der Waals surface area contributed by atoms with Crippen molar-refractivity contribution in [2.75, 3.05) is 19.8 Å². The van der Waals surface area contributed by atoms with Gasteiger partial charge in [-0.15, -0.1) is 6.58 Å². The molecule has 0 aromatic carbocycles. The van der Waals surface area contributed by atoms with Crippen molar-refractivity contribution in [1.82, 2.24) is 0 Å². The molecule has 2 bridgehead atoms. The molecule has 94 valence electrons. The second kappa shape index (κ2) is 4.92.